The van der Waals surface area contributed by atoms with Crippen molar-refractivity contribution in [3.63, 3.8) is 0 Å². The number of aryl methyl sites for hydroxylation is 2. The number of fused-ring (bicyclic) bond motifs is 2. The van der Waals surface area contributed by atoms with Crippen molar-refractivity contribution in [3.8, 4) is 0 Å². The molecule has 2 aromatic carbocycles. The van der Waals surface area contributed by atoms with E-state index in [0.717, 1.165) is 6.42 Å². The van der Waals surface area contributed by atoms with E-state index in [1.165, 1.54) is 47.5 Å². The Morgan fingerprint density at radius 1 is 1.18 bits per heavy atom. The maximum Gasteiger partial charge on any atom is 0.177 e. The van der Waals surface area contributed by atoms with Crippen LogP contribution in [0.4, 0.5) is 0 Å². The Bertz CT molecular complexity index is 1110. The number of carbonyl (C=O) groups excluding carboxylic acids is 1. The molecule has 0 fully saturated rings. The fourth-order valence-corrected chi connectivity index (χ4v) is 3.90. The zero-order valence-electron chi connectivity index (χ0n) is 16.2. The highest BCUT2D eigenvalue weighted by molar-refractivity contribution is 5.92. The van der Waals surface area contributed by atoms with Crippen LogP contribution in [0.5, 0.6) is 0 Å². The molecule has 0 amide bonds. The third-order valence-electron chi connectivity index (χ3n) is 5.35. The SMILES string of the molecule is CC(=O)c1cncn1C.c1ccc2cc(C3CCCc4[nH]cnc43)ccc2c1. The molecule has 142 valence electrons. The molecule has 0 bridgehead atoms. The summed E-state index contributed by atoms with van der Waals surface area (Å²) in [7, 11) is 1.80. The fourth-order valence-electron chi connectivity index (χ4n) is 3.90. The van der Waals surface area contributed by atoms with Crippen LogP contribution in [-0.4, -0.2) is 25.3 Å². The van der Waals surface area contributed by atoms with Crippen molar-refractivity contribution in [2.24, 2.45) is 7.05 Å². The van der Waals surface area contributed by atoms with E-state index in [2.05, 4.69) is 57.4 Å². The second-order valence-corrected chi connectivity index (χ2v) is 7.26. The Balaban J connectivity index is 0.000000181. The standard InChI is InChI=1S/C17H16N2.C6H8N2O/c1-2-5-13-10-14(9-8-12(13)4-1)15-6-3-7-16-17(15)19-11-18-16;1-5(9)6-3-7-4-8(6)2/h1-2,4-5,8-11,15H,3,6-7H2,(H,18,19);3-4H,1-2H3. The van der Waals surface area contributed by atoms with Gasteiger partial charge in [-0.05, 0) is 35.6 Å². The number of ketones is 1. The molecule has 1 N–H and O–H groups in total. The first-order valence-corrected chi connectivity index (χ1v) is 9.61. The van der Waals surface area contributed by atoms with Crippen LogP contribution in [0.15, 0.2) is 61.3 Å². The van der Waals surface area contributed by atoms with E-state index in [0.29, 0.717) is 11.6 Å². The zero-order valence-corrected chi connectivity index (χ0v) is 16.2. The second-order valence-electron chi connectivity index (χ2n) is 7.26. The minimum Gasteiger partial charge on any atom is -0.348 e. The Morgan fingerprint density at radius 3 is 2.71 bits per heavy atom. The Labute approximate surface area is 164 Å². The van der Waals surface area contributed by atoms with Crippen molar-refractivity contribution in [2.75, 3.05) is 0 Å². The molecule has 1 aliphatic carbocycles. The summed E-state index contributed by atoms with van der Waals surface area (Å²) in [5.41, 5.74) is 4.62. The fraction of sp³-hybridized carbons (Fsp3) is 0.261. The molecule has 1 unspecified atom stereocenters. The molecular weight excluding hydrogens is 348 g/mol. The summed E-state index contributed by atoms with van der Waals surface area (Å²) >= 11 is 0. The number of benzene rings is 2. The van der Waals surface area contributed by atoms with E-state index in [1.807, 2.05) is 6.33 Å². The number of carbonyl (C=O) groups is 1. The first-order chi connectivity index (χ1) is 13.6. The molecule has 0 radical (unpaired) electrons. The average Bonchev–Trinajstić information content (AvgIpc) is 3.36. The van der Waals surface area contributed by atoms with E-state index < -0.39 is 0 Å². The Morgan fingerprint density at radius 2 is 2.00 bits per heavy atom. The average molecular weight is 372 g/mol. The van der Waals surface area contributed by atoms with Crippen molar-refractivity contribution in [2.45, 2.75) is 32.1 Å². The van der Waals surface area contributed by atoms with Gasteiger partial charge in [0.25, 0.3) is 0 Å². The lowest BCUT2D eigenvalue weighted by atomic mass is 9.84. The van der Waals surface area contributed by atoms with E-state index in [9.17, 15) is 4.79 Å². The minimum absolute atomic E-state index is 0.0509. The van der Waals surface area contributed by atoms with Gasteiger partial charge in [-0.15, -0.1) is 0 Å². The monoisotopic (exact) mass is 372 g/mol. The van der Waals surface area contributed by atoms with Crippen molar-refractivity contribution < 1.29 is 4.79 Å². The van der Waals surface area contributed by atoms with Gasteiger partial charge in [-0.1, -0.05) is 42.5 Å². The number of hydrogen-bond acceptors (Lipinski definition) is 3. The maximum absolute atomic E-state index is 10.7. The van der Waals surface area contributed by atoms with Crippen LogP contribution in [-0.2, 0) is 13.5 Å². The third-order valence-corrected chi connectivity index (χ3v) is 5.35. The van der Waals surface area contributed by atoms with Crippen LogP contribution >= 0.6 is 0 Å². The molecule has 2 aromatic heterocycles. The van der Waals surface area contributed by atoms with Crippen LogP contribution in [0.2, 0.25) is 0 Å². The number of H-pyrrole nitrogens is 1. The van der Waals surface area contributed by atoms with Crippen LogP contribution in [0.1, 0.15) is 53.1 Å². The number of hydrogen-bond donors (Lipinski definition) is 1. The zero-order chi connectivity index (χ0) is 19.5. The van der Waals surface area contributed by atoms with Gasteiger partial charge in [0.15, 0.2) is 5.78 Å². The van der Waals surface area contributed by atoms with Crippen molar-refractivity contribution >= 4 is 16.6 Å². The maximum atomic E-state index is 10.7. The predicted octanol–water partition coefficient (Wildman–Crippen LogP) is 4.65. The minimum atomic E-state index is 0.0509. The molecular formula is C23H24N4O. The number of rotatable bonds is 2. The summed E-state index contributed by atoms with van der Waals surface area (Å²) in [6.45, 7) is 1.52. The summed E-state index contributed by atoms with van der Waals surface area (Å²) in [5, 5.41) is 2.63. The summed E-state index contributed by atoms with van der Waals surface area (Å²) in [6, 6.07) is 15.4. The summed E-state index contributed by atoms with van der Waals surface area (Å²) in [6.07, 6.45) is 8.59. The molecule has 0 spiro atoms. The molecule has 2 heterocycles. The second kappa shape index (κ2) is 7.80. The van der Waals surface area contributed by atoms with Gasteiger partial charge in [0.1, 0.15) is 5.69 Å². The molecule has 5 nitrogen and oxygen atoms in total. The molecule has 0 aliphatic heterocycles. The molecule has 5 heteroatoms. The van der Waals surface area contributed by atoms with E-state index in [-0.39, 0.29) is 5.78 Å². The largest absolute Gasteiger partial charge is 0.348 e. The molecule has 1 atom stereocenters. The quantitative estimate of drug-likeness (QED) is 0.521. The molecule has 5 rings (SSSR count). The van der Waals surface area contributed by atoms with Gasteiger partial charge in [0, 0.05) is 25.6 Å². The van der Waals surface area contributed by atoms with Gasteiger partial charge in [-0.3, -0.25) is 4.79 Å². The van der Waals surface area contributed by atoms with Crippen molar-refractivity contribution in [3.05, 3.63) is 84.0 Å². The lowest BCUT2D eigenvalue weighted by Crippen LogP contribution is -2.10. The van der Waals surface area contributed by atoms with Crippen molar-refractivity contribution in [1.29, 1.82) is 0 Å². The lowest BCUT2D eigenvalue weighted by Gasteiger charge is -2.22. The number of nitrogens with one attached hydrogen (secondary N) is 1. The Kier molecular flexibility index (Phi) is 5.06. The topological polar surface area (TPSA) is 63.6 Å². The summed E-state index contributed by atoms with van der Waals surface area (Å²) in [5.74, 6) is 0.509. The molecule has 4 aromatic rings. The van der Waals surface area contributed by atoms with Gasteiger partial charge in [-0.25, -0.2) is 9.97 Å². The lowest BCUT2D eigenvalue weighted by molar-refractivity contribution is 0.101. The normalized spacial score (nSPS) is 15.6. The van der Waals surface area contributed by atoms with Crippen LogP contribution in [0.3, 0.4) is 0 Å². The summed E-state index contributed by atoms with van der Waals surface area (Å²) in [4.78, 5) is 22.3. The van der Waals surface area contributed by atoms with Gasteiger partial charge >= 0.3 is 0 Å². The number of nitrogens with zero attached hydrogens (tertiary/aromatic N) is 3. The van der Waals surface area contributed by atoms with E-state index in [4.69, 9.17) is 0 Å². The molecule has 0 saturated heterocycles. The first kappa shape index (κ1) is 18.2. The van der Waals surface area contributed by atoms with Gasteiger partial charge in [0.05, 0.1) is 24.5 Å². The van der Waals surface area contributed by atoms with E-state index in [1.54, 1.807) is 24.1 Å². The predicted molar refractivity (Wildman–Crippen MR) is 111 cm³/mol. The number of aromatic nitrogens is 4. The molecule has 0 saturated carbocycles. The number of aromatic amines is 1. The Hall–Kier alpha value is -3.21. The summed E-state index contributed by atoms with van der Waals surface area (Å²) < 4.78 is 1.70. The van der Waals surface area contributed by atoms with Gasteiger partial charge < -0.3 is 9.55 Å². The van der Waals surface area contributed by atoms with Crippen LogP contribution < -0.4 is 0 Å². The highest BCUT2D eigenvalue weighted by atomic mass is 16.1. The van der Waals surface area contributed by atoms with Crippen LogP contribution in [0.25, 0.3) is 10.8 Å². The highest BCUT2D eigenvalue weighted by Gasteiger charge is 2.24. The first-order valence-electron chi connectivity index (χ1n) is 9.61. The van der Waals surface area contributed by atoms with Gasteiger partial charge in [0.2, 0.25) is 0 Å². The number of imidazole rings is 2. The third kappa shape index (κ3) is 3.60. The smallest absolute Gasteiger partial charge is 0.177 e. The highest BCUT2D eigenvalue weighted by Crippen LogP contribution is 2.35. The van der Waals surface area contributed by atoms with E-state index >= 15 is 0 Å². The van der Waals surface area contributed by atoms with Gasteiger partial charge in [-0.2, -0.15) is 0 Å². The number of Topliss-reactive ketones (excluding diaryl/α,β-unsaturated/α-hetero) is 1. The van der Waals surface area contributed by atoms with Crippen molar-refractivity contribution in [1.82, 2.24) is 19.5 Å². The molecule has 1 aliphatic rings. The molecule has 28 heavy (non-hydrogen) atoms. The van der Waals surface area contributed by atoms with Crippen LogP contribution in [0, 0.1) is 0 Å².